The third-order valence-corrected chi connectivity index (χ3v) is 4.07. The molecule has 0 radical (unpaired) electrons. The number of carbonyl (C=O) groups is 1. The number of aryl methyl sites for hydroxylation is 1. The Morgan fingerprint density at radius 2 is 2.18 bits per heavy atom. The molecule has 3 N–H and O–H groups in total. The van der Waals surface area contributed by atoms with Crippen LogP contribution in [0, 0.1) is 18.8 Å². The van der Waals surface area contributed by atoms with Gasteiger partial charge >= 0.3 is 0 Å². The Morgan fingerprint density at radius 3 is 2.86 bits per heavy atom. The Balaban J connectivity index is 1.95. The first-order valence-electron chi connectivity index (χ1n) is 7.92. The third kappa shape index (κ3) is 4.71. The molecule has 5 nitrogen and oxygen atoms in total. The molecule has 122 valence electrons. The molecule has 2 rings (SSSR count). The molecule has 1 aromatic rings. The molecule has 1 amide bonds. The zero-order valence-corrected chi connectivity index (χ0v) is 13.4. The number of anilines is 1. The largest absolute Gasteiger partial charge is 0.493 e. The Kier molecular flexibility index (Phi) is 6.21. The van der Waals surface area contributed by atoms with Crippen molar-refractivity contribution in [3.63, 3.8) is 0 Å². The molecule has 1 atom stereocenters. The van der Waals surface area contributed by atoms with Gasteiger partial charge in [-0.15, -0.1) is 0 Å². The smallest absolute Gasteiger partial charge is 0.228 e. The minimum atomic E-state index is -0.201. The number of rotatable bonds is 6. The minimum absolute atomic E-state index is 0.0678. The van der Waals surface area contributed by atoms with Gasteiger partial charge in [0.25, 0.3) is 0 Å². The van der Waals surface area contributed by atoms with Crippen molar-refractivity contribution in [1.82, 2.24) is 0 Å². The molecule has 1 unspecified atom stereocenters. The Hall–Kier alpha value is -1.59. The van der Waals surface area contributed by atoms with Crippen molar-refractivity contribution < 1.29 is 14.3 Å². The van der Waals surface area contributed by atoms with E-state index < -0.39 is 0 Å². The van der Waals surface area contributed by atoms with E-state index in [1.807, 2.05) is 32.0 Å². The molecular formula is C17H26N2O3. The van der Waals surface area contributed by atoms with Crippen LogP contribution in [0.4, 0.5) is 5.69 Å². The molecule has 0 aromatic heterocycles. The van der Waals surface area contributed by atoms with Gasteiger partial charge in [-0.3, -0.25) is 4.79 Å². The second-order valence-corrected chi connectivity index (χ2v) is 5.97. The van der Waals surface area contributed by atoms with Gasteiger partial charge in [-0.2, -0.15) is 0 Å². The van der Waals surface area contributed by atoms with Crippen molar-refractivity contribution in [3.8, 4) is 5.75 Å². The van der Waals surface area contributed by atoms with E-state index in [-0.39, 0.29) is 11.8 Å². The number of hydrogen-bond acceptors (Lipinski definition) is 4. The van der Waals surface area contributed by atoms with Crippen molar-refractivity contribution >= 4 is 11.6 Å². The molecule has 0 aliphatic carbocycles. The summed E-state index contributed by atoms with van der Waals surface area (Å²) in [6.45, 7) is 6.49. The highest BCUT2D eigenvalue weighted by Gasteiger charge is 2.16. The summed E-state index contributed by atoms with van der Waals surface area (Å²) in [6, 6.07) is 5.73. The van der Waals surface area contributed by atoms with Crippen LogP contribution in [0.3, 0.4) is 0 Å². The van der Waals surface area contributed by atoms with E-state index >= 15 is 0 Å². The van der Waals surface area contributed by atoms with Crippen molar-refractivity contribution in [2.75, 3.05) is 31.7 Å². The van der Waals surface area contributed by atoms with Crippen molar-refractivity contribution in [2.24, 2.45) is 17.6 Å². The molecule has 1 saturated heterocycles. The lowest BCUT2D eigenvalue weighted by Gasteiger charge is -2.22. The summed E-state index contributed by atoms with van der Waals surface area (Å²) in [6.07, 6.45) is 2.09. The maximum atomic E-state index is 11.9. The average molecular weight is 306 g/mol. The number of carbonyl (C=O) groups excluding carboxylic acids is 1. The normalized spacial score (nSPS) is 17.0. The SMILES string of the molecule is Cc1ccc(NC(=O)C(C)CN)cc1OCC1CCOCC1. The van der Waals surface area contributed by atoms with Gasteiger partial charge < -0.3 is 20.5 Å². The molecule has 0 spiro atoms. The van der Waals surface area contributed by atoms with Crippen molar-refractivity contribution in [2.45, 2.75) is 26.7 Å². The molecule has 1 aromatic carbocycles. The summed E-state index contributed by atoms with van der Waals surface area (Å²) in [5.74, 6) is 1.10. The monoisotopic (exact) mass is 306 g/mol. The van der Waals surface area contributed by atoms with E-state index in [2.05, 4.69) is 5.32 Å². The van der Waals surface area contributed by atoms with Crippen molar-refractivity contribution in [3.05, 3.63) is 23.8 Å². The fraction of sp³-hybridized carbons (Fsp3) is 0.588. The molecule has 1 heterocycles. The standard InChI is InChI=1S/C17H26N2O3/c1-12-3-4-15(19-17(20)13(2)10-18)9-16(12)22-11-14-5-7-21-8-6-14/h3-4,9,13-14H,5-8,10-11,18H2,1-2H3,(H,19,20). The number of nitrogens with one attached hydrogen (secondary N) is 1. The maximum absolute atomic E-state index is 11.9. The van der Waals surface area contributed by atoms with Crippen LogP contribution in [0.25, 0.3) is 0 Å². The molecular weight excluding hydrogens is 280 g/mol. The molecule has 0 saturated carbocycles. The van der Waals surface area contributed by atoms with Crippen LogP contribution >= 0.6 is 0 Å². The summed E-state index contributed by atoms with van der Waals surface area (Å²) >= 11 is 0. The highest BCUT2D eigenvalue weighted by molar-refractivity contribution is 5.92. The zero-order valence-electron chi connectivity index (χ0n) is 13.4. The van der Waals surface area contributed by atoms with Gasteiger partial charge in [0, 0.05) is 37.4 Å². The Morgan fingerprint density at radius 1 is 1.45 bits per heavy atom. The predicted molar refractivity (Wildman–Crippen MR) is 87.1 cm³/mol. The molecule has 1 aliphatic heterocycles. The summed E-state index contributed by atoms with van der Waals surface area (Å²) in [5.41, 5.74) is 7.33. The topological polar surface area (TPSA) is 73.6 Å². The van der Waals surface area contributed by atoms with Crippen LogP contribution < -0.4 is 15.8 Å². The first-order valence-corrected chi connectivity index (χ1v) is 7.92. The lowest BCUT2D eigenvalue weighted by Crippen LogP contribution is -2.26. The van der Waals surface area contributed by atoms with E-state index in [1.54, 1.807) is 0 Å². The molecule has 1 aliphatic rings. The van der Waals surface area contributed by atoms with Crippen molar-refractivity contribution in [1.29, 1.82) is 0 Å². The lowest BCUT2D eigenvalue weighted by molar-refractivity contribution is -0.119. The van der Waals surface area contributed by atoms with E-state index in [0.717, 1.165) is 43.1 Å². The Bertz CT molecular complexity index is 499. The fourth-order valence-electron chi connectivity index (χ4n) is 2.33. The van der Waals surface area contributed by atoms with Gasteiger partial charge in [0.2, 0.25) is 5.91 Å². The van der Waals surface area contributed by atoms with E-state index in [1.165, 1.54) is 0 Å². The van der Waals surface area contributed by atoms with Gasteiger partial charge in [-0.05, 0) is 37.3 Å². The first kappa shape index (κ1) is 16.8. The number of amides is 1. The molecule has 22 heavy (non-hydrogen) atoms. The summed E-state index contributed by atoms with van der Waals surface area (Å²) in [7, 11) is 0. The number of nitrogens with two attached hydrogens (primary N) is 1. The van der Waals surface area contributed by atoms with Crippen LogP contribution in [-0.2, 0) is 9.53 Å². The second kappa shape index (κ2) is 8.15. The first-order chi connectivity index (χ1) is 10.6. The highest BCUT2D eigenvalue weighted by atomic mass is 16.5. The lowest BCUT2D eigenvalue weighted by atomic mass is 10.0. The Labute approximate surface area is 132 Å². The zero-order chi connectivity index (χ0) is 15.9. The van der Waals surface area contributed by atoms with E-state index in [9.17, 15) is 4.79 Å². The van der Waals surface area contributed by atoms with E-state index in [0.29, 0.717) is 19.1 Å². The summed E-state index contributed by atoms with van der Waals surface area (Å²) < 4.78 is 11.3. The predicted octanol–water partition coefficient (Wildman–Crippen LogP) is 2.33. The van der Waals surface area contributed by atoms with Gasteiger partial charge in [0.1, 0.15) is 5.75 Å². The summed E-state index contributed by atoms with van der Waals surface area (Å²) in [4.78, 5) is 11.9. The maximum Gasteiger partial charge on any atom is 0.228 e. The highest BCUT2D eigenvalue weighted by Crippen LogP contribution is 2.25. The van der Waals surface area contributed by atoms with Gasteiger partial charge in [-0.1, -0.05) is 13.0 Å². The number of hydrogen-bond donors (Lipinski definition) is 2. The minimum Gasteiger partial charge on any atom is -0.493 e. The number of ether oxygens (including phenoxy) is 2. The van der Waals surface area contributed by atoms with E-state index in [4.69, 9.17) is 15.2 Å². The van der Waals surface area contributed by atoms with Gasteiger partial charge in [-0.25, -0.2) is 0 Å². The van der Waals surface area contributed by atoms with Gasteiger partial charge in [0.05, 0.1) is 6.61 Å². The average Bonchev–Trinajstić information content (AvgIpc) is 2.55. The molecule has 1 fully saturated rings. The molecule has 5 heteroatoms. The molecule has 0 bridgehead atoms. The number of benzene rings is 1. The van der Waals surface area contributed by atoms with Crippen LogP contribution in [0.5, 0.6) is 5.75 Å². The van der Waals surface area contributed by atoms with Crippen LogP contribution in [0.15, 0.2) is 18.2 Å². The quantitative estimate of drug-likeness (QED) is 0.846. The second-order valence-electron chi connectivity index (χ2n) is 5.97. The third-order valence-electron chi connectivity index (χ3n) is 4.07. The van der Waals surface area contributed by atoms with Crippen LogP contribution in [0.1, 0.15) is 25.3 Å². The van der Waals surface area contributed by atoms with Crippen LogP contribution in [-0.4, -0.2) is 32.3 Å². The summed E-state index contributed by atoms with van der Waals surface area (Å²) in [5, 5.41) is 2.88. The fourth-order valence-corrected chi connectivity index (χ4v) is 2.33. The van der Waals surface area contributed by atoms with Gasteiger partial charge in [0.15, 0.2) is 0 Å². The van der Waals surface area contributed by atoms with Crippen LogP contribution in [0.2, 0.25) is 0 Å².